The number of methoxy groups -OCH3 is 1. The first kappa shape index (κ1) is 14.3. The molecule has 0 aromatic heterocycles. The molecule has 0 aliphatic carbocycles. The lowest BCUT2D eigenvalue weighted by Crippen LogP contribution is -2.00. The lowest BCUT2D eigenvalue weighted by atomic mass is 10.1. The molecule has 2 rings (SSSR count). The minimum Gasteiger partial charge on any atom is -0.496 e. The summed E-state index contributed by atoms with van der Waals surface area (Å²) >= 11 is 0. The predicted octanol–water partition coefficient (Wildman–Crippen LogP) is 3.99. The van der Waals surface area contributed by atoms with Gasteiger partial charge in [-0.3, -0.25) is 0 Å². The predicted molar refractivity (Wildman–Crippen MR) is 74.8 cm³/mol. The second-order valence-electron chi connectivity index (χ2n) is 4.56. The smallest absolute Gasteiger partial charge is 0.136 e. The zero-order valence-electron chi connectivity index (χ0n) is 11.7. The highest BCUT2D eigenvalue weighted by Crippen LogP contribution is 2.36. The van der Waals surface area contributed by atoms with Crippen molar-refractivity contribution in [3.63, 3.8) is 0 Å². The Morgan fingerprint density at radius 2 is 1.85 bits per heavy atom. The minimum absolute atomic E-state index is 0.279. The standard InChI is InChI=1S/C16H17FO3/c1-10-9-12(7-8-13(10)17)20-15-6-4-5-14(19-3)16(15)11(2)18/h4-9,11,18H,1-3H3/t11-/m1/s1. The molecule has 0 spiro atoms. The third-order valence-corrected chi connectivity index (χ3v) is 3.02. The molecular formula is C16H17FO3. The summed E-state index contributed by atoms with van der Waals surface area (Å²) < 4.78 is 24.2. The number of hydrogen-bond acceptors (Lipinski definition) is 3. The fourth-order valence-electron chi connectivity index (χ4n) is 2.01. The van der Waals surface area contributed by atoms with E-state index in [1.165, 1.54) is 13.2 Å². The molecular weight excluding hydrogens is 259 g/mol. The van der Waals surface area contributed by atoms with Gasteiger partial charge in [0.05, 0.1) is 18.8 Å². The molecule has 0 aliphatic rings. The van der Waals surface area contributed by atoms with Crippen LogP contribution in [-0.2, 0) is 0 Å². The molecule has 0 amide bonds. The Balaban J connectivity index is 2.40. The van der Waals surface area contributed by atoms with E-state index in [2.05, 4.69) is 0 Å². The third-order valence-electron chi connectivity index (χ3n) is 3.02. The van der Waals surface area contributed by atoms with Gasteiger partial charge in [-0.2, -0.15) is 0 Å². The second-order valence-corrected chi connectivity index (χ2v) is 4.56. The van der Waals surface area contributed by atoms with Crippen molar-refractivity contribution in [1.29, 1.82) is 0 Å². The first-order valence-corrected chi connectivity index (χ1v) is 6.32. The quantitative estimate of drug-likeness (QED) is 0.917. The maximum Gasteiger partial charge on any atom is 0.136 e. The summed E-state index contributed by atoms with van der Waals surface area (Å²) in [5, 5.41) is 9.87. The Morgan fingerprint density at radius 1 is 1.15 bits per heavy atom. The second kappa shape index (κ2) is 5.92. The highest BCUT2D eigenvalue weighted by Gasteiger charge is 2.16. The molecule has 1 N–H and O–H groups in total. The van der Waals surface area contributed by atoms with E-state index in [9.17, 15) is 9.50 Å². The lowest BCUT2D eigenvalue weighted by molar-refractivity contribution is 0.190. The van der Waals surface area contributed by atoms with Crippen LogP contribution in [0.4, 0.5) is 4.39 Å². The van der Waals surface area contributed by atoms with Gasteiger partial charge in [0.2, 0.25) is 0 Å². The van der Waals surface area contributed by atoms with Gasteiger partial charge in [-0.15, -0.1) is 0 Å². The first-order chi connectivity index (χ1) is 9.52. The molecule has 0 unspecified atom stereocenters. The number of aliphatic hydroxyl groups excluding tert-OH is 1. The maximum absolute atomic E-state index is 13.2. The zero-order valence-corrected chi connectivity index (χ0v) is 11.7. The van der Waals surface area contributed by atoms with Crippen LogP contribution in [-0.4, -0.2) is 12.2 Å². The fourth-order valence-corrected chi connectivity index (χ4v) is 2.01. The average molecular weight is 276 g/mol. The molecule has 3 nitrogen and oxygen atoms in total. The van der Waals surface area contributed by atoms with Gasteiger partial charge in [-0.1, -0.05) is 6.07 Å². The molecule has 0 aliphatic heterocycles. The van der Waals surface area contributed by atoms with Gasteiger partial charge in [0, 0.05) is 0 Å². The summed E-state index contributed by atoms with van der Waals surface area (Å²) in [6, 6.07) is 9.78. The van der Waals surface area contributed by atoms with E-state index in [0.29, 0.717) is 28.4 Å². The van der Waals surface area contributed by atoms with E-state index in [1.807, 2.05) is 0 Å². The van der Waals surface area contributed by atoms with Crippen LogP contribution in [0.15, 0.2) is 36.4 Å². The van der Waals surface area contributed by atoms with E-state index in [1.54, 1.807) is 44.2 Å². The summed E-state index contributed by atoms with van der Waals surface area (Å²) in [6.07, 6.45) is -0.734. The largest absolute Gasteiger partial charge is 0.496 e. The number of ether oxygens (including phenoxy) is 2. The van der Waals surface area contributed by atoms with Crippen LogP contribution in [0.1, 0.15) is 24.2 Å². The van der Waals surface area contributed by atoms with Crippen LogP contribution in [0.25, 0.3) is 0 Å². The van der Waals surface area contributed by atoms with Gasteiger partial charge in [0.1, 0.15) is 23.1 Å². The number of aryl methyl sites for hydroxylation is 1. The van der Waals surface area contributed by atoms with Crippen molar-refractivity contribution in [1.82, 2.24) is 0 Å². The summed E-state index contributed by atoms with van der Waals surface area (Å²) in [5.74, 6) is 1.28. The summed E-state index contributed by atoms with van der Waals surface area (Å²) in [5.41, 5.74) is 1.07. The molecule has 4 heteroatoms. The van der Waals surface area contributed by atoms with E-state index in [4.69, 9.17) is 9.47 Å². The van der Waals surface area contributed by atoms with Gasteiger partial charge in [0.15, 0.2) is 0 Å². The summed E-state index contributed by atoms with van der Waals surface area (Å²) in [4.78, 5) is 0. The van der Waals surface area contributed by atoms with Crippen LogP contribution < -0.4 is 9.47 Å². The molecule has 0 bridgehead atoms. The van der Waals surface area contributed by atoms with Crippen molar-refractivity contribution >= 4 is 0 Å². The average Bonchev–Trinajstić information content (AvgIpc) is 2.42. The highest BCUT2D eigenvalue weighted by molar-refractivity contribution is 5.48. The van der Waals surface area contributed by atoms with Crippen LogP contribution >= 0.6 is 0 Å². The first-order valence-electron chi connectivity index (χ1n) is 6.32. The van der Waals surface area contributed by atoms with E-state index in [0.717, 1.165) is 0 Å². The normalized spacial score (nSPS) is 12.1. The molecule has 0 fully saturated rings. The van der Waals surface area contributed by atoms with Gasteiger partial charge in [-0.05, 0) is 49.7 Å². The molecule has 106 valence electrons. The maximum atomic E-state index is 13.2. The fraction of sp³-hybridized carbons (Fsp3) is 0.250. The Labute approximate surface area is 117 Å². The molecule has 0 heterocycles. The number of aliphatic hydroxyl groups is 1. The zero-order chi connectivity index (χ0) is 14.7. The number of halogens is 1. The van der Waals surface area contributed by atoms with Crippen molar-refractivity contribution in [2.45, 2.75) is 20.0 Å². The summed E-state index contributed by atoms with van der Waals surface area (Å²) in [6.45, 7) is 3.31. The van der Waals surface area contributed by atoms with Crippen LogP contribution in [0.5, 0.6) is 17.2 Å². The number of benzene rings is 2. The number of hydrogen-bond donors (Lipinski definition) is 1. The third kappa shape index (κ3) is 2.91. The van der Waals surface area contributed by atoms with Crippen LogP contribution in [0, 0.1) is 12.7 Å². The molecule has 0 saturated heterocycles. The van der Waals surface area contributed by atoms with Crippen LogP contribution in [0.3, 0.4) is 0 Å². The Morgan fingerprint density at radius 3 is 2.45 bits per heavy atom. The summed E-state index contributed by atoms with van der Waals surface area (Å²) in [7, 11) is 1.53. The van der Waals surface area contributed by atoms with Gasteiger partial charge in [0.25, 0.3) is 0 Å². The molecule has 1 atom stereocenters. The Kier molecular flexibility index (Phi) is 4.25. The van der Waals surface area contributed by atoms with Gasteiger partial charge < -0.3 is 14.6 Å². The van der Waals surface area contributed by atoms with E-state index < -0.39 is 6.10 Å². The minimum atomic E-state index is -0.734. The Hall–Kier alpha value is -2.07. The van der Waals surface area contributed by atoms with Gasteiger partial charge >= 0.3 is 0 Å². The molecule has 0 radical (unpaired) electrons. The van der Waals surface area contributed by atoms with E-state index >= 15 is 0 Å². The lowest BCUT2D eigenvalue weighted by Gasteiger charge is -2.16. The van der Waals surface area contributed by atoms with Crippen molar-refractivity contribution in [3.8, 4) is 17.2 Å². The SMILES string of the molecule is COc1cccc(Oc2ccc(F)c(C)c2)c1[C@@H](C)O. The number of rotatable bonds is 4. The Bertz CT molecular complexity index is 609. The highest BCUT2D eigenvalue weighted by atomic mass is 19.1. The molecule has 20 heavy (non-hydrogen) atoms. The van der Waals surface area contributed by atoms with E-state index in [-0.39, 0.29) is 5.82 Å². The van der Waals surface area contributed by atoms with Crippen molar-refractivity contribution in [3.05, 3.63) is 53.3 Å². The van der Waals surface area contributed by atoms with Gasteiger partial charge in [-0.25, -0.2) is 4.39 Å². The molecule has 2 aromatic rings. The van der Waals surface area contributed by atoms with Crippen molar-refractivity contribution in [2.24, 2.45) is 0 Å². The molecule has 2 aromatic carbocycles. The topological polar surface area (TPSA) is 38.7 Å². The van der Waals surface area contributed by atoms with Crippen molar-refractivity contribution < 1.29 is 19.0 Å². The van der Waals surface area contributed by atoms with Crippen molar-refractivity contribution in [2.75, 3.05) is 7.11 Å². The molecule has 0 saturated carbocycles. The monoisotopic (exact) mass is 276 g/mol. The van der Waals surface area contributed by atoms with Crippen LogP contribution in [0.2, 0.25) is 0 Å².